The van der Waals surface area contributed by atoms with Crippen LogP contribution in [0, 0.1) is 5.82 Å². The topological polar surface area (TPSA) is 49.3 Å². The molecule has 0 bridgehead atoms. The Labute approximate surface area is 122 Å². The van der Waals surface area contributed by atoms with Gasteiger partial charge >= 0.3 is 5.97 Å². The van der Waals surface area contributed by atoms with Crippen LogP contribution in [0.25, 0.3) is 0 Å². The molecule has 21 heavy (non-hydrogen) atoms. The van der Waals surface area contributed by atoms with Crippen LogP contribution in [0.5, 0.6) is 0 Å². The number of hydrogen-bond acceptors (Lipinski definition) is 2. The highest BCUT2D eigenvalue weighted by molar-refractivity contribution is 5.88. The minimum absolute atomic E-state index is 0.196. The van der Waals surface area contributed by atoms with Gasteiger partial charge in [0, 0.05) is 11.7 Å². The third-order valence-corrected chi connectivity index (χ3v) is 3.94. The van der Waals surface area contributed by atoms with Crippen molar-refractivity contribution in [2.75, 3.05) is 5.32 Å². The number of rotatable bonds is 4. The lowest BCUT2D eigenvalue weighted by atomic mass is 9.76. The summed E-state index contributed by atoms with van der Waals surface area (Å²) in [5.74, 6) is -0.746. The van der Waals surface area contributed by atoms with E-state index in [2.05, 4.69) is 5.32 Å². The van der Waals surface area contributed by atoms with Gasteiger partial charge in [0.05, 0.1) is 5.56 Å². The molecular formula is C17H16FNO2. The molecule has 0 atom stereocenters. The molecule has 1 fully saturated rings. The molecule has 1 saturated carbocycles. The average molecular weight is 285 g/mol. The quantitative estimate of drug-likeness (QED) is 0.896. The van der Waals surface area contributed by atoms with E-state index < -0.39 is 5.97 Å². The van der Waals surface area contributed by atoms with Crippen LogP contribution < -0.4 is 5.32 Å². The normalized spacial score (nSPS) is 20.6. The summed E-state index contributed by atoms with van der Waals surface area (Å²) in [7, 11) is 0. The molecule has 0 saturated heterocycles. The number of carboxylic acid groups (broad SMARTS) is 1. The zero-order valence-electron chi connectivity index (χ0n) is 11.4. The second-order valence-electron chi connectivity index (χ2n) is 5.45. The Morgan fingerprint density at radius 2 is 1.90 bits per heavy atom. The Morgan fingerprint density at radius 1 is 1.14 bits per heavy atom. The number of nitrogens with one attached hydrogen (secondary N) is 1. The highest BCUT2D eigenvalue weighted by Crippen LogP contribution is 2.38. The van der Waals surface area contributed by atoms with Gasteiger partial charge in [-0.25, -0.2) is 9.18 Å². The van der Waals surface area contributed by atoms with Crippen molar-refractivity contribution >= 4 is 11.7 Å². The third-order valence-electron chi connectivity index (χ3n) is 3.94. The Hall–Kier alpha value is -2.36. The van der Waals surface area contributed by atoms with Crippen molar-refractivity contribution in [3.8, 4) is 0 Å². The number of benzene rings is 2. The van der Waals surface area contributed by atoms with Gasteiger partial charge in [-0.3, -0.25) is 0 Å². The van der Waals surface area contributed by atoms with Crippen molar-refractivity contribution in [1.82, 2.24) is 0 Å². The lowest BCUT2D eigenvalue weighted by Gasteiger charge is -2.37. The van der Waals surface area contributed by atoms with Crippen molar-refractivity contribution < 1.29 is 14.3 Å². The molecule has 0 radical (unpaired) electrons. The maximum atomic E-state index is 13.2. The predicted octanol–water partition coefficient (Wildman–Crippen LogP) is 3.88. The molecule has 2 N–H and O–H groups in total. The maximum absolute atomic E-state index is 13.2. The third kappa shape index (κ3) is 3.05. The minimum Gasteiger partial charge on any atom is -0.478 e. The summed E-state index contributed by atoms with van der Waals surface area (Å²) in [6.07, 6.45) is 1.86. The first-order chi connectivity index (χ1) is 10.1. The van der Waals surface area contributed by atoms with Gasteiger partial charge in [-0.1, -0.05) is 18.2 Å². The number of carboxylic acids is 1. The van der Waals surface area contributed by atoms with Crippen LogP contribution in [0.1, 0.15) is 34.7 Å². The fourth-order valence-electron chi connectivity index (χ4n) is 2.75. The van der Waals surface area contributed by atoms with E-state index in [9.17, 15) is 9.18 Å². The Bertz CT molecular complexity index is 665. The van der Waals surface area contributed by atoms with E-state index in [1.165, 1.54) is 6.07 Å². The van der Waals surface area contributed by atoms with Crippen molar-refractivity contribution in [2.24, 2.45) is 0 Å². The smallest absolute Gasteiger partial charge is 0.335 e. The van der Waals surface area contributed by atoms with Gasteiger partial charge in [0.2, 0.25) is 0 Å². The Morgan fingerprint density at radius 3 is 2.62 bits per heavy atom. The monoisotopic (exact) mass is 285 g/mol. The Kier molecular flexibility index (Phi) is 3.60. The van der Waals surface area contributed by atoms with E-state index in [1.807, 2.05) is 12.1 Å². The van der Waals surface area contributed by atoms with Gasteiger partial charge in [-0.05, 0) is 54.7 Å². The largest absolute Gasteiger partial charge is 0.478 e. The van der Waals surface area contributed by atoms with E-state index in [-0.39, 0.29) is 11.4 Å². The van der Waals surface area contributed by atoms with E-state index in [0.29, 0.717) is 12.0 Å². The maximum Gasteiger partial charge on any atom is 0.335 e. The summed E-state index contributed by atoms with van der Waals surface area (Å²) < 4.78 is 13.2. The van der Waals surface area contributed by atoms with Crippen molar-refractivity contribution in [3.63, 3.8) is 0 Å². The standard InChI is InChI=1S/C17H16FNO2/c18-14-5-1-3-11(7-14)13-9-16(10-13)19-15-6-2-4-12(8-15)17(20)21/h1-8,13,16,19H,9-10H2,(H,20,21). The van der Waals surface area contributed by atoms with E-state index in [0.717, 1.165) is 24.1 Å². The first-order valence-corrected chi connectivity index (χ1v) is 6.97. The molecule has 0 aromatic heterocycles. The van der Waals surface area contributed by atoms with Gasteiger partial charge in [-0.15, -0.1) is 0 Å². The first kappa shape index (κ1) is 13.6. The number of aromatic carboxylic acids is 1. The summed E-state index contributed by atoms with van der Waals surface area (Å²) >= 11 is 0. The second-order valence-corrected chi connectivity index (χ2v) is 5.45. The van der Waals surface area contributed by atoms with Gasteiger partial charge < -0.3 is 10.4 Å². The summed E-state index contributed by atoms with van der Waals surface area (Å²) in [5, 5.41) is 12.3. The molecule has 0 heterocycles. The summed E-state index contributed by atoms with van der Waals surface area (Å²) in [4.78, 5) is 10.9. The van der Waals surface area contributed by atoms with E-state index in [4.69, 9.17) is 5.11 Å². The Balaban J connectivity index is 1.60. The average Bonchev–Trinajstić information content (AvgIpc) is 2.42. The van der Waals surface area contributed by atoms with E-state index in [1.54, 1.807) is 30.3 Å². The van der Waals surface area contributed by atoms with Crippen molar-refractivity contribution in [1.29, 1.82) is 0 Å². The molecule has 108 valence electrons. The van der Waals surface area contributed by atoms with Crippen LogP contribution in [0.3, 0.4) is 0 Å². The molecule has 2 aromatic carbocycles. The summed E-state index contributed by atoms with van der Waals surface area (Å²) in [5.41, 5.74) is 2.13. The van der Waals surface area contributed by atoms with Crippen LogP contribution in [0.15, 0.2) is 48.5 Å². The van der Waals surface area contributed by atoms with Crippen molar-refractivity contribution in [2.45, 2.75) is 24.8 Å². The second kappa shape index (κ2) is 5.56. The zero-order valence-corrected chi connectivity index (χ0v) is 11.4. The SMILES string of the molecule is O=C(O)c1cccc(NC2CC(c3cccc(F)c3)C2)c1. The molecule has 1 aliphatic carbocycles. The molecule has 3 rings (SSSR count). The zero-order chi connectivity index (χ0) is 14.8. The molecule has 2 aromatic rings. The molecule has 1 aliphatic rings. The molecular weight excluding hydrogens is 269 g/mol. The molecule has 3 nitrogen and oxygen atoms in total. The van der Waals surface area contributed by atoms with Crippen LogP contribution in [-0.4, -0.2) is 17.1 Å². The van der Waals surface area contributed by atoms with Crippen LogP contribution in [-0.2, 0) is 0 Å². The van der Waals surface area contributed by atoms with E-state index >= 15 is 0 Å². The van der Waals surface area contributed by atoms with Crippen LogP contribution in [0.2, 0.25) is 0 Å². The fraction of sp³-hybridized carbons (Fsp3) is 0.235. The molecule has 0 spiro atoms. The predicted molar refractivity (Wildman–Crippen MR) is 79.2 cm³/mol. The van der Waals surface area contributed by atoms with Gasteiger partial charge in [0.1, 0.15) is 5.82 Å². The minimum atomic E-state index is -0.926. The van der Waals surface area contributed by atoms with Gasteiger partial charge in [0.15, 0.2) is 0 Å². The fourth-order valence-corrected chi connectivity index (χ4v) is 2.75. The lowest BCUT2D eigenvalue weighted by Crippen LogP contribution is -2.34. The van der Waals surface area contributed by atoms with Gasteiger partial charge in [0.25, 0.3) is 0 Å². The molecule has 0 aliphatic heterocycles. The van der Waals surface area contributed by atoms with Crippen LogP contribution >= 0.6 is 0 Å². The number of halogens is 1. The molecule has 0 unspecified atom stereocenters. The molecule has 4 heteroatoms. The summed E-state index contributed by atoms with van der Waals surface area (Å²) in [6, 6.07) is 13.8. The van der Waals surface area contributed by atoms with Crippen molar-refractivity contribution in [3.05, 3.63) is 65.5 Å². The number of anilines is 1. The highest BCUT2D eigenvalue weighted by atomic mass is 19.1. The lowest BCUT2D eigenvalue weighted by molar-refractivity contribution is 0.0697. The highest BCUT2D eigenvalue weighted by Gasteiger charge is 2.30. The first-order valence-electron chi connectivity index (χ1n) is 6.97. The number of carbonyl (C=O) groups is 1. The van der Waals surface area contributed by atoms with Crippen LogP contribution in [0.4, 0.5) is 10.1 Å². The summed E-state index contributed by atoms with van der Waals surface area (Å²) in [6.45, 7) is 0. The molecule has 0 amide bonds. The number of hydrogen-bond donors (Lipinski definition) is 2. The van der Waals surface area contributed by atoms with Gasteiger partial charge in [-0.2, -0.15) is 0 Å².